The monoisotopic (exact) mass is 357 g/mol. The van der Waals surface area contributed by atoms with Crippen molar-refractivity contribution in [2.75, 3.05) is 5.32 Å². The van der Waals surface area contributed by atoms with Crippen molar-refractivity contribution < 1.29 is 13.2 Å². The molecule has 25 heavy (non-hydrogen) atoms. The van der Waals surface area contributed by atoms with E-state index < -0.39 is 21.5 Å². The second-order valence-corrected chi connectivity index (χ2v) is 8.18. The van der Waals surface area contributed by atoms with E-state index in [9.17, 15) is 13.2 Å². The molecule has 0 aliphatic carbocycles. The Kier molecular flexibility index (Phi) is 5.26. The van der Waals surface area contributed by atoms with Gasteiger partial charge in [-0.25, -0.2) is 13.1 Å². The van der Waals surface area contributed by atoms with Gasteiger partial charge in [-0.05, 0) is 51.1 Å². The molecule has 6 nitrogen and oxygen atoms in total. The molecule has 0 radical (unpaired) electrons. The quantitative estimate of drug-likeness (QED) is 0.879. The van der Waals surface area contributed by atoms with E-state index in [0.717, 1.165) is 0 Å². The molecule has 2 N–H and O–H groups in total. The molecule has 0 saturated carbocycles. The molecule has 0 fully saturated rings. The van der Waals surface area contributed by atoms with Crippen LogP contribution in [0.3, 0.4) is 0 Å². The Morgan fingerprint density at radius 1 is 1.08 bits per heavy atom. The number of carbonyl (C=O) groups is 1. The van der Waals surface area contributed by atoms with Gasteiger partial charge in [0.2, 0.25) is 10.0 Å². The minimum Gasteiger partial charge on any atom is -0.321 e. The molecule has 0 saturated heterocycles. The predicted octanol–water partition coefficient (Wildman–Crippen LogP) is 2.89. The molecule has 0 spiro atoms. The van der Waals surface area contributed by atoms with Crippen LogP contribution in [0.4, 0.5) is 5.69 Å². The Bertz CT molecular complexity index is 939. The number of para-hydroxylation sites is 1. The van der Waals surface area contributed by atoms with Crippen LogP contribution in [0.5, 0.6) is 0 Å². The summed E-state index contributed by atoms with van der Waals surface area (Å²) in [6.07, 6.45) is 0. The van der Waals surface area contributed by atoms with Crippen molar-refractivity contribution in [1.82, 2.24) is 4.72 Å². The summed E-state index contributed by atoms with van der Waals surface area (Å²) in [4.78, 5) is 12.4. The smallest absolute Gasteiger partial charge is 0.255 e. The van der Waals surface area contributed by atoms with Gasteiger partial charge in [-0.2, -0.15) is 5.26 Å². The maximum Gasteiger partial charge on any atom is 0.255 e. The molecule has 0 aliphatic heterocycles. The van der Waals surface area contributed by atoms with E-state index in [1.165, 1.54) is 24.3 Å². The van der Waals surface area contributed by atoms with Gasteiger partial charge in [0.15, 0.2) is 0 Å². The molecule has 7 heteroatoms. The zero-order valence-electron chi connectivity index (χ0n) is 14.2. The van der Waals surface area contributed by atoms with Crippen LogP contribution in [0, 0.1) is 11.3 Å². The molecule has 0 heterocycles. The summed E-state index contributed by atoms with van der Waals surface area (Å²) in [5, 5.41) is 11.7. The van der Waals surface area contributed by atoms with E-state index in [2.05, 4.69) is 10.0 Å². The van der Waals surface area contributed by atoms with Gasteiger partial charge >= 0.3 is 0 Å². The summed E-state index contributed by atoms with van der Waals surface area (Å²) < 4.78 is 27.3. The van der Waals surface area contributed by atoms with E-state index >= 15 is 0 Å². The number of anilines is 1. The number of benzene rings is 2. The van der Waals surface area contributed by atoms with Crippen LogP contribution in [0.25, 0.3) is 0 Å². The minimum atomic E-state index is -3.74. The first-order chi connectivity index (χ1) is 11.6. The topological polar surface area (TPSA) is 99.1 Å². The molecule has 0 aromatic heterocycles. The van der Waals surface area contributed by atoms with E-state index in [1.54, 1.807) is 45.0 Å². The summed E-state index contributed by atoms with van der Waals surface area (Å²) in [5.41, 5.74) is 0.248. The lowest BCUT2D eigenvalue weighted by Gasteiger charge is -2.20. The Morgan fingerprint density at radius 2 is 1.76 bits per heavy atom. The molecule has 2 aromatic rings. The maximum atomic E-state index is 12.4. The Labute approximate surface area is 147 Å². The fraction of sp³-hybridized carbons (Fsp3) is 0.222. The first-order valence-electron chi connectivity index (χ1n) is 7.57. The normalized spacial score (nSPS) is 11.6. The zero-order valence-corrected chi connectivity index (χ0v) is 15.0. The van der Waals surface area contributed by atoms with Crippen molar-refractivity contribution in [3.05, 3.63) is 59.7 Å². The second kappa shape index (κ2) is 7.05. The van der Waals surface area contributed by atoms with Crippen LogP contribution in [0.2, 0.25) is 0 Å². The van der Waals surface area contributed by atoms with Crippen molar-refractivity contribution in [3.63, 3.8) is 0 Å². The lowest BCUT2D eigenvalue weighted by Crippen LogP contribution is -2.40. The Morgan fingerprint density at radius 3 is 2.40 bits per heavy atom. The van der Waals surface area contributed by atoms with Crippen molar-refractivity contribution in [2.45, 2.75) is 31.2 Å². The highest BCUT2D eigenvalue weighted by Crippen LogP contribution is 2.18. The first-order valence-corrected chi connectivity index (χ1v) is 9.05. The van der Waals surface area contributed by atoms with Gasteiger partial charge in [0.1, 0.15) is 6.07 Å². The molecule has 2 aromatic carbocycles. The number of nitrogens with zero attached hydrogens (tertiary/aromatic N) is 1. The number of sulfonamides is 1. The average Bonchev–Trinajstić information content (AvgIpc) is 2.53. The average molecular weight is 357 g/mol. The highest BCUT2D eigenvalue weighted by Gasteiger charge is 2.22. The molecule has 0 atom stereocenters. The van der Waals surface area contributed by atoms with Gasteiger partial charge < -0.3 is 5.32 Å². The van der Waals surface area contributed by atoms with E-state index in [0.29, 0.717) is 11.3 Å². The number of hydrogen-bond acceptors (Lipinski definition) is 4. The second-order valence-electron chi connectivity index (χ2n) is 6.49. The standard InChI is InChI=1S/C18H19N3O3S/c1-18(2,3)21-25(23,24)15-9-6-8-13(11-15)17(22)20-16-10-5-4-7-14(16)12-19/h4-11,21H,1-3H3,(H,20,22). The molecule has 0 unspecified atom stereocenters. The number of carbonyl (C=O) groups excluding carboxylic acids is 1. The van der Waals surface area contributed by atoms with E-state index in [1.807, 2.05) is 6.07 Å². The third-order valence-corrected chi connectivity index (χ3v) is 4.90. The lowest BCUT2D eigenvalue weighted by molar-refractivity contribution is 0.102. The van der Waals surface area contributed by atoms with Gasteiger partial charge in [0.05, 0.1) is 16.1 Å². The number of hydrogen-bond donors (Lipinski definition) is 2. The van der Waals surface area contributed by atoms with Gasteiger partial charge in [0.25, 0.3) is 5.91 Å². The summed E-state index contributed by atoms with van der Waals surface area (Å²) in [7, 11) is -3.74. The van der Waals surface area contributed by atoms with Crippen LogP contribution < -0.4 is 10.0 Å². The third kappa shape index (κ3) is 4.89. The highest BCUT2D eigenvalue weighted by atomic mass is 32.2. The van der Waals surface area contributed by atoms with Crippen LogP contribution in [-0.4, -0.2) is 19.9 Å². The SMILES string of the molecule is CC(C)(C)NS(=O)(=O)c1cccc(C(=O)Nc2ccccc2C#N)c1. The molecule has 2 rings (SSSR count). The number of nitrogens with one attached hydrogen (secondary N) is 2. The van der Waals surface area contributed by atoms with Gasteiger partial charge in [0, 0.05) is 11.1 Å². The summed E-state index contributed by atoms with van der Waals surface area (Å²) in [5.74, 6) is -0.490. The number of nitriles is 1. The lowest BCUT2D eigenvalue weighted by atomic mass is 10.1. The fourth-order valence-corrected chi connectivity index (χ4v) is 3.61. The summed E-state index contributed by atoms with van der Waals surface area (Å²) in [6.45, 7) is 5.21. The predicted molar refractivity (Wildman–Crippen MR) is 95.6 cm³/mol. The molecule has 1 amide bonds. The molecule has 0 aliphatic rings. The van der Waals surface area contributed by atoms with E-state index in [-0.39, 0.29) is 10.5 Å². The Hall–Kier alpha value is -2.69. The van der Waals surface area contributed by atoms with Gasteiger partial charge in [-0.1, -0.05) is 18.2 Å². The van der Waals surface area contributed by atoms with Crippen LogP contribution >= 0.6 is 0 Å². The third-order valence-electron chi connectivity index (χ3n) is 3.14. The molecule has 130 valence electrons. The van der Waals surface area contributed by atoms with Crippen molar-refractivity contribution in [1.29, 1.82) is 5.26 Å². The first kappa shape index (κ1) is 18.6. The van der Waals surface area contributed by atoms with Crippen molar-refractivity contribution in [2.24, 2.45) is 0 Å². The molecular weight excluding hydrogens is 338 g/mol. The van der Waals surface area contributed by atoms with Crippen molar-refractivity contribution >= 4 is 21.6 Å². The number of amides is 1. The highest BCUT2D eigenvalue weighted by molar-refractivity contribution is 7.89. The Balaban J connectivity index is 2.30. The van der Waals surface area contributed by atoms with Gasteiger partial charge in [-0.15, -0.1) is 0 Å². The van der Waals surface area contributed by atoms with Crippen LogP contribution in [0.15, 0.2) is 53.4 Å². The minimum absolute atomic E-state index is 0.00337. The largest absolute Gasteiger partial charge is 0.321 e. The van der Waals surface area contributed by atoms with Crippen LogP contribution in [0.1, 0.15) is 36.7 Å². The summed E-state index contributed by atoms with van der Waals surface area (Å²) in [6, 6.07) is 14.3. The van der Waals surface area contributed by atoms with Gasteiger partial charge in [-0.3, -0.25) is 4.79 Å². The van der Waals surface area contributed by atoms with E-state index in [4.69, 9.17) is 5.26 Å². The fourth-order valence-electron chi connectivity index (χ4n) is 2.15. The molecule has 0 bridgehead atoms. The van der Waals surface area contributed by atoms with Crippen LogP contribution in [-0.2, 0) is 10.0 Å². The van der Waals surface area contributed by atoms with Crippen molar-refractivity contribution in [3.8, 4) is 6.07 Å². The molecular formula is C18H19N3O3S. The number of rotatable bonds is 4. The summed E-state index contributed by atoms with van der Waals surface area (Å²) >= 11 is 0. The zero-order chi connectivity index (χ0) is 18.7. The maximum absolute atomic E-state index is 12.4.